The molecular weight excluding hydrogens is 303 g/mol. The van der Waals surface area contributed by atoms with Crippen molar-refractivity contribution in [3.8, 4) is 5.75 Å². The van der Waals surface area contributed by atoms with E-state index in [4.69, 9.17) is 5.73 Å². The average molecular weight is 328 g/mol. The summed E-state index contributed by atoms with van der Waals surface area (Å²) in [5, 5.41) is 9.45. The van der Waals surface area contributed by atoms with Gasteiger partial charge in [-0.15, -0.1) is 0 Å². The maximum atomic E-state index is 13.0. The van der Waals surface area contributed by atoms with Gasteiger partial charge in [-0.1, -0.05) is 24.3 Å². The fourth-order valence-electron chi connectivity index (χ4n) is 3.68. The van der Waals surface area contributed by atoms with Crippen LogP contribution in [0.25, 0.3) is 0 Å². The molecule has 4 heteroatoms. The van der Waals surface area contributed by atoms with E-state index in [0.717, 1.165) is 38.0 Å². The highest BCUT2D eigenvalue weighted by Crippen LogP contribution is 2.33. The summed E-state index contributed by atoms with van der Waals surface area (Å²) >= 11 is 0. The molecule has 1 unspecified atom stereocenters. The number of phenolic OH excluding ortho intramolecular Hbond substituents is 1. The molecule has 3 rings (SSSR count). The second-order valence-corrected chi connectivity index (χ2v) is 6.67. The van der Waals surface area contributed by atoms with Crippen molar-refractivity contribution < 1.29 is 9.50 Å². The number of likely N-dealkylation sites (tertiary alicyclic amines) is 1. The van der Waals surface area contributed by atoms with Gasteiger partial charge in [-0.3, -0.25) is 4.90 Å². The monoisotopic (exact) mass is 328 g/mol. The number of phenols is 1. The highest BCUT2D eigenvalue weighted by molar-refractivity contribution is 5.29. The number of hydrogen-bond acceptors (Lipinski definition) is 3. The summed E-state index contributed by atoms with van der Waals surface area (Å²) in [4.78, 5) is 2.42. The first-order valence-corrected chi connectivity index (χ1v) is 8.61. The highest BCUT2D eigenvalue weighted by atomic mass is 19.1. The normalized spacial score (nSPS) is 17.8. The van der Waals surface area contributed by atoms with Gasteiger partial charge in [0.25, 0.3) is 0 Å². The number of aromatic hydroxyl groups is 1. The van der Waals surface area contributed by atoms with Crippen LogP contribution in [0, 0.1) is 11.7 Å². The summed E-state index contributed by atoms with van der Waals surface area (Å²) < 4.78 is 13.0. The van der Waals surface area contributed by atoms with Crippen LogP contribution in [0.15, 0.2) is 48.5 Å². The number of halogens is 1. The van der Waals surface area contributed by atoms with Gasteiger partial charge < -0.3 is 10.8 Å². The van der Waals surface area contributed by atoms with E-state index in [1.54, 1.807) is 12.1 Å². The number of nitrogens with two attached hydrogens (primary N) is 1. The van der Waals surface area contributed by atoms with E-state index in [-0.39, 0.29) is 5.82 Å². The molecule has 0 spiro atoms. The number of nitrogens with zero attached hydrogens (tertiary/aromatic N) is 1. The van der Waals surface area contributed by atoms with Gasteiger partial charge in [0.1, 0.15) is 11.6 Å². The standard InChI is InChI=1S/C20H25FN2O/c21-18-5-1-15(2-6-18)14-23-11-9-17(10-12-23)20(13-22)16-3-7-19(24)8-4-16/h1-8,17,20,24H,9-14,22H2. The molecule has 24 heavy (non-hydrogen) atoms. The minimum Gasteiger partial charge on any atom is -0.508 e. The summed E-state index contributed by atoms with van der Waals surface area (Å²) in [7, 11) is 0. The lowest BCUT2D eigenvalue weighted by molar-refractivity contribution is 0.162. The molecule has 0 aromatic heterocycles. The van der Waals surface area contributed by atoms with Crippen LogP contribution in [-0.4, -0.2) is 29.6 Å². The molecule has 0 aliphatic carbocycles. The number of rotatable bonds is 5. The molecule has 1 aliphatic rings. The van der Waals surface area contributed by atoms with Crippen LogP contribution in [0.5, 0.6) is 5.75 Å². The van der Waals surface area contributed by atoms with Gasteiger partial charge in [0.2, 0.25) is 0 Å². The molecule has 3 N–H and O–H groups in total. The molecule has 2 aromatic rings. The summed E-state index contributed by atoms with van der Waals surface area (Å²) in [6.45, 7) is 3.58. The summed E-state index contributed by atoms with van der Waals surface area (Å²) in [6.07, 6.45) is 2.23. The van der Waals surface area contributed by atoms with Gasteiger partial charge in [0.15, 0.2) is 0 Å². The van der Waals surface area contributed by atoms with Gasteiger partial charge in [0, 0.05) is 6.54 Å². The van der Waals surface area contributed by atoms with Crippen molar-refractivity contribution in [2.24, 2.45) is 11.7 Å². The topological polar surface area (TPSA) is 49.5 Å². The molecule has 0 bridgehead atoms. The third-order valence-electron chi connectivity index (χ3n) is 5.10. The van der Waals surface area contributed by atoms with E-state index in [9.17, 15) is 9.50 Å². The minimum atomic E-state index is -0.183. The fraction of sp³-hybridized carbons (Fsp3) is 0.400. The molecule has 0 saturated carbocycles. The van der Waals surface area contributed by atoms with Gasteiger partial charge in [-0.2, -0.15) is 0 Å². The lowest BCUT2D eigenvalue weighted by atomic mass is 9.80. The van der Waals surface area contributed by atoms with Gasteiger partial charge >= 0.3 is 0 Å². The van der Waals surface area contributed by atoms with Crippen molar-refractivity contribution in [3.05, 3.63) is 65.5 Å². The first-order valence-electron chi connectivity index (χ1n) is 8.61. The quantitative estimate of drug-likeness (QED) is 0.883. The largest absolute Gasteiger partial charge is 0.508 e. The van der Waals surface area contributed by atoms with Crippen LogP contribution in [0.2, 0.25) is 0 Å². The average Bonchev–Trinajstić information content (AvgIpc) is 2.61. The second kappa shape index (κ2) is 7.77. The van der Waals surface area contributed by atoms with Crippen molar-refractivity contribution in [3.63, 3.8) is 0 Å². The molecule has 2 aromatic carbocycles. The molecule has 0 radical (unpaired) electrons. The third kappa shape index (κ3) is 4.13. The Morgan fingerprint density at radius 2 is 1.67 bits per heavy atom. The van der Waals surface area contributed by atoms with Crippen LogP contribution in [-0.2, 0) is 6.54 Å². The Balaban J connectivity index is 1.57. The summed E-state index contributed by atoms with van der Waals surface area (Å²) in [6, 6.07) is 14.2. The molecule has 1 saturated heterocycles. The Kier molecular flexibility index (Phi) is 5.48. The molecule has 0 amide bonds. The van der Waals surface area contributed by atoms with E-state index in [1.807, 2.05) is 24.3 Å². The zero-order valence-electron chi connectivity index (χ0n) is 13.9. The second-order valence-electron chi connectivity index (χ2n) is 6.67. The molecular formula is C20H25FN2O. The van der Waals surface area contributed by atoms with Crippen molar-refractivity contribution >= 4 is 0 Å². The molecule has 128 valence electrons. The van der Waals surface area contributed by atoms with Crippen LogP contribution < -0.4 is 5.73 Å². The van der Waals surface area contributed by atoms with Gasteiger partial charge in [0.05, 0.1) is 0 Å². The number of piperidine rings is 1. The lowest BCUT2D eigenvalue weighted by Gasteiger charge is -2.36. The van der Waals surface area contributed by atoms with Crippen LogP contribution >= 0.6 is 0 Å². The first-order chi connectivity index (χ1) is 11.7. The van der Waals surface area contributed by atoms with Gasteiger partial charge in [-0.05, 0) is 79.7 Å². The van der Waals surface area contributed by atoms with E-state index >= 15 is 0 Å². The molecule has 1 heterocycles. The van der Waals surface area contributed by atoms with Gasteiger partial charge in [-0.25, -0.2) is 4.39 Å². The zero-order chi connectivity index (χ0) is 16.9. The highest BCUT2D eigenvalue weighted by Gasteiger charge is 2.26. The third-order valence-corrected chi connectivity index (χ3v) is 5.10. The van der Waals surface area contributed by atoms with Crippen molar-refractivity contribution in [1.82, 2.24) is 4.90 Å². The minimum absolute atomic E-state index is 0.183. The fourth-order valence-corrected chi connectivity index (χ4v) is 3.68. The smallest absolute Gasteiger partial charge is 0.123 e. The molecule has 3 nitrogen and oxygen atoms in total. The van der Waals surface area contributed by atoms with E-state index in [2.05, 4.69) is 4.90 Å². The maximum Gasteiger partial charge on any atom is 0.123 e. The predicted octanol–water partition coefficient (Wildman–Crippen LogP) is 3.49. The van der Waals surface area contributed by atoms with Crippen molar-refractivity contribution in [1.29, 1.82) is 0 Å². The first kappa shape index (κ1) is 16.9. The van der Waals surface area contributed by atoms with Crippen LogP contribution in [0.1, 0.15) is 29.9 Å². The Labute approximate surface area is 142 Å². The van der Waals surface area contributed by atoms with E-state index in [0.29, 0.717) is 24.1 Å². The maximum absolute atomic E-state index is 13.0. The Morgan fingerprint density at radius 3 is 2.25 bits per heavy atom. The molecule has 1 aliphatic heterocycles. The van der Waals surface area contributed by atoms with E-state index < -0.39 is 0 Å². The molecule has 1 atom stereocenters. The van der Waals surface area contributed by atoms with Crippen LogP contribution in [0.3, 0.4) is 0 Å². The Morgan fingerprint density at radius 1 is 1.04 bits per heavy atom. The van der Waals surface area contributed by atoms with Crippen molar-refractivity contribution in [2.45, 2.75) is 25.3 Å². The van der Waals surface area contributed by atoms with E-state index in [1.165, 1.54) is 17.7 Å². The zero-order valence-corrected chi connectivity index (χ0v) is 13.9. The van der Waals surface area contributed by atoms with Crippen LogP contribution in [0.4, 0.5) is 4.39 Å². The van der Waals surface area contributed by atoms with Crippen molar-refractivity contribution in [2.75, 3.05) is 19.6 Å². The summed E-state index contributed by atoms with van der Waals surface area (Å²) in [5.74, 6) is 1.03. The number of hydrogen-bond donors (Lipinski definition) is 2. The molecule has 1 fully saturated rings. The number of benzene rings is 2. The SMILES string of the molecule is NCC(c1ccc(O)cc1)C1CCN(Cc2ccc(F)cc2)CC1. The predicted molar refractivity (Wildman–Crippen MR) is 94.3 cm³/mol. The Bertz CT molecular complexity index is 634. The lowest BCUT2D eigenvalue weighted by Crippen LogP contribution is -2.36. The summed E-state index contributed by atoms with van der Waals surface area (Å²) in [5.41, 5.74) is 8.41. The Hall–Kier alpha value is -1.91.